The van der Waals surface area contributed by atoms with Crippen LogP contribution in [0, 0.1) is 17.8 Å². The Balaban J connectivity index is 1.43. The molecule has 0 saturated heterocycles. The molecule has 0 spiro atoms. The summed E-state index contributed by atoms with van der Waals surface area (Å²) >= 11 is 1.67. The van der Waals surface area contributed by atoms with Gasteiger partial charge in [0.25, 0.3) is 0 Å². The molecule has 0 aromatic heterocycles. The van der Waals surface area contributed by atoms with E-state index in [0.717, 1.165) is 53.0 Å². The van der Waals surface area contributed by atoms with E-state index in [4.69, 9.17) is 38.4 Å². The second kappa shape index (κ2) is 20.2. The summed E-state index contributed by atoms with van der Waals surface area (Å²) in [4.78, 5) is 23.2. The monoisotopic (exact) mass is 842 g/mol. The molecular formula is C47H58N2O10S. The maximum absolute atomic E-state index is 14.4. The number of rotatable bonds is 20. The molecule has 7 rings (SSSR count). The summed E-state index contributed by atoms with van der Waals surface area (Å²) in [5, 5.41) is 24.6. The number of ether oxygens (including phenoxy) is 6. The van der Waals surface area contributed by atoms with Gasteiger partial charge >= 0.3 is 6.09 Å². The number of hydrogen-bond acceptors (Lipinski definition) is 12. The average molecular weight is 843 g/mol. The molecule has 1 fully saturated rings. The molecule has 0 unspecified atom stereocenters. The van der Waals surface area contributed by atoms with Gasteiger partial charge in [-0.2, -0.15) is 0 Å². The van der Waals surface area contributed by atoms with E-state index in [1.165, 1.54) is 0 Å². The summed E-state index contributed by atoms with van der Waals surface area (Å²) in [5.74, 6) is 1.31. The molecule has 1 amide bonds. The Morgan fingerprint density at radius 1 is 0.950 bits per heavy atom. The van der Waals surface area contributed by atoms with E-state index in [1.54, 1.807) is 29.7 Å². The Hall–Kier alpha value is -4.69. The van der Waals surface area contributed by atoms with Crippen LogP contribution in [0.2, 0.25) is 0 Å². The van der Waals surface area contributed by atoms with E-state index in [0.29, 0.717) is 48.2 Å². The molecule has 322 valence electrons. The molecule has 3 aromatic carbocycles. The molecule has 0 bridgehead atoms. The number of carbonyl (C=O) groups is 1. The number of amides is 1. The number of oxime groups is 1. The molecule has 4 aliphatic rings. The maximum Gasteiger partial charge on any atom is 0.410 e. The highest BCUT2D eigenvalue weighted by Gasteiger charge is 2.65. The van der Waals surface area contributed by atoms with Gasteiger partial charge in [-0.3, -0.25) is 4.90 Å². The number of benzene rings is 3. The van der Waals surface area contributed by atoms with Crippen LogP contribution in [0.3, 0.4) is 0 Å². The zero-order valence-corrected chi connectivity index (χ0v) is 35.7. The van der Waals surface area contributed by atoms with Crippen LogP contribution >= 0.6 is 11.8 Å². The zero-order chi connectivity index (χ0) is 42.1. The number of allylic oxidation sites excluding steroid dienone is 1. The minimum atomic E-state index is -1.44. The standard InChI is InChI=1S/C47H58N2O10S/c1-5-24-56-47-43(49(46(52)53-6-2)29-31-14-20-41-42(25-31)55-30-54-41)28-39(48-57-7-3)37-26-32(12-8-10-22-50)36(13-9-11-23-51)44(45(37)47)38-27-34(17-21-40(38)59-47)58-33-15-18-35(60-4)19-16-33/h5,14-21,25-27,32,36,43-45,50-51H,1,6-13,22-24,28-30H2,2-4H3/t32-,36+,43-,44+,45+,47+/m0/s1. The number of aliphatic hydroxyl groups is 2. The van der Waals surface area contributed by atoms with Crippen LogP contribution in [0.5, 0.6) is 28.7 Å². The van der Waals surface area contributed by atoms with Crippen molar-refractivity contribution in [2.24, 2.45) is 22.9 Å². The van der Waals surface area contributed by atoms with Crippen molar-refractivity contribution in [1.82, 2.24) is 4.90 Å². The van der Waals surface area contributed by atoms with E-state index in [-0.39, 0.29) is 63.9 Å². The third kappa shape index (κ3) is 9.14. The van der Waals surface area contributed by atoms with Crippen LogP contribution in [-0.4, -0.2) is 84.8 Å². The van der Waals surface area contributed by atoms with Crippen molar-refractivity contribution in [2.45, 2.75) is 88.0 Å². The highest BCUT2D eigenvalue weighted by Crippen LogP contribution is 2.62. The lowest BCUT2D eigenvalue weighted by molar-refractivity contribution is -0.256. The van der Waals surface area contributed by atoms with Gasteiger partial charge in [-0.25, -0.2) is 4.79 Å². The second-order valence-corrected chi connectivity index (χ2v) is 16.4. The van der Waals surface area contributed by atoms with Crippen molar-refractivity contribution in [3.8, 4) is 28.7 Å². The van der Waals surface area contributed by atoms with Gasteiger partial charge in [0.15, 0.2) is 11.5 Å². The van der Waals surface area contributed by atoms with Crippen molar-refractivity contribution in [3.05, 3.63) is 96.1 Å². The first-order valence-corrected chi connectivity index (χ1v) is 22.4. The molecule has 60 heavy (non-hydrogen) atoms. The van der Waals surface area contributed by atoms with E-state index < -0.39 is 23.8 Å². The van der Waals surface area contributed by atoms with Crippen LogP contribution in [-0.2, 0) is 20.9 Å². The molecule has 3 aromatic rings. The summed E-state index contributed by atoms with van der Waals surface area (Å²) in [6, 6.07) is 18.9. The van der Waals surface area contributed by atoms with E-state index in [1.807, 2.05) is 67.8 Å². The third-order valence-electron chi connectivity index (χ3n) is 11.9. The lowest BCUT2D eigenvalue weighted by Gasteiger charge is -2.59. The number of thioether (sulfide) groups is 1. The number of aliphatic hydroxyl groups excluding tert-OH is 2. The number of hydrogen-bond donors (Lipinski definition) is 2. The minimum absolute atomic E-state index is 0.0615. The largest absolute Gasteiger partial charge is 0.459 e. The van der Waals surface area contributed by atoms with E-state index >= 15 is 0 Å². The Kier molecular flexibility index (Phi) is 14.6. The van der Waals surface area contributed by atoms with Gasteiger partial charge in [0.2, 0.25) is 12.6 Å². The van der Waals surface area contributed by atoms with Crippen molar-refractivity contribution < 1.29 is 48.3 Å². The van der Waals surface area contributed by atoms with Crippen LogP contribution in [0.4, 0.5) is 4.79 Å². The molecule has 13 heteroatoms. The fourth-order valence-electron chi connectivity index (χ4n) is 9.38. The lowest BCUT2D eigenvalue weighted by atomic mass is 9.55. The van der Waals surface area contributed by atoms with E-state index in [2.05, 4.69) is 18.7 Å². The number of unbranched alkanes of at least 4 members (excludes halogenated alkanes) is 2. The van der Waals surface area contributed by atoms with Crippen LogP contribution in [0.15, 0.2) is 95.0 Å². The Morgan fingerprint density at radius 3 is 2.43 bits per heavy atom. The highest BCUT2D eigenvalue weighted by molar-refractivity contribution is 7.98. The quantitative estimate of drug-likeness (QED) is 0.0488. The molecule has 2 heterocycles. The summed E-state index contributed by atoms with van der Waals surface area (Å²) < 4.78 is 38.1. The van der Waals surface area contributed by atoms with Crippen molar-refractivity contribution in [3.63, 3.8) is 0 Å². The first-order valence-electron chi connectivity index (χ1n) is 21.2. The smallest absolute Gasteiger partial charge is 0.410 e. The summed E-state index contributed by atoms with van der Waals surface area (Å²) in [7, 11) is 0. The van der Waals surface area contributed by atoms with Gasteiger partial charge in [0, 0.05) is 42.6 Å². The summed E-state index contributed by atoms with van der Waals surface area (Å²) in [6.45, 7) is 8.88. The third-order valence-corrected chi connectivity index (χ3v) is 12.7. The van der Waals surface area contributed by atoms with E-state index in [9.17, 15) is 15.0 Å². The lowest BCUT2D eigenvalue weighted by Crippen LogP contribution is -2.70. The Labute approximate surface area is 357 Å². The van der Waals surface area contributed by atoms with Crippen LogP contribution in [0.1, 0.15) is 75.8 Å². The van der Waals surface area contributed by atoms with Gasteiger partial charge < -0.3 is 43.5 Å². The molecule has 2 aliphatic carbocycles. The van der Waals surface area contributed by atoms with Gasteiger partial charge in [0.1, 0.15) is 29.9 Å². The average Bonchev–Trinajstić information content (AvgIpc) is 3.74. The fraction of sp³-hybridized carbons (Fsp3) is 0.489. The topological polar surface area (TPSA) is 138 Å². The predicted molar refractivity (Wildman–Crippen MR) is 230 cm³/mol. The van der Waals surface area contributed by atoms with Crippen LogP contribution < -0.4 is 18.9 Å². The molecule has 0 radical (unpaired) electrons. The fourth-order valence-corrected chi connectivity index (χ4v) is 9.79. The first-order chi connectivity index (χ1) is 29.4. The highest BCUT2D eigenvalue weighted by atomic mass is 32.2. The number of nitrogens with zero attached hydrogens (tertiary/aromatic N) is 2. The minimum Gasteiger partial charge on any atom is -0.459 e. The molecule has 2 aliphatic heterocycles. The van der Waals surface area contributed by atoms with Crippen molar-refractivity contribution in [2.75, 3.05) is 46.1 Å². The predicted octanol–water partition coefficient (Wildman–Crippen LogP) is 9.24. The van der Waals surface area contributed by atoms with Crippen molar-refractivity contribution >= 4 is 23.6 Å². The summed E-state index contributed by atoms with van der Waals surface area (Å²) in [5.41, 5.74) is 3.45. The molecule has 12 nitrogen and oxygen atoms in total. The molecule has 2 N–H and O–H groups in total. The summed E-state index contributed by atoms with van der Waals surface area (Å²) in [6.07, 6.45) is 10.5. The molecular weight excluding hydrogens is 785 g/mol. The maximum atomic E-state index is 14.4. The van der Waals surface area contributed by atoms with Gasteiger partial charge in [-0.05, 0) is 123 Å². The Bertz CT molecular complexity index is 2010. The number of carbonyl (C=O) groups excluding carboxylic acids is 1. The van der Waals surface area contributed by atoms with Crippen molar-refractivity contribution in [1.29, 1.82) is 0 Å². The molecule has 6 atom stereocenters. The second-order valence-electron chi connectivity index (χ2n) is 15.5. The molecule has 1 saturated carbocycles. The van der Waals surface area contributed by atoms with Gasteiger partial charge in [-0.15, -0.1) is 18.3 Å². The number of fused-ring (bicyclic) bond motifs is 3. The van der Waals surface area contributed by atoms with Crippen LogP contribution in [0.25, 0.3) is 0 Å². The zero-order valence-electron chi connectivity index (χ0n) is 34.9. The Morgan fingerprint density at radius 2 is 1.70 bits per heavy atom. The SMILES string of the molecule is C=CCO[C@@]12Oc3ccc(Oc4ccc(SC)cc4)cc3[C@H]3[C@H](CCCCO)[C@@H](CCCCO)C=C(C(=NOCC)C[C@@H]1N(Cc1ccc4c(c1)OCO4)C(=O)OCC)[C@H]32. The first kappa shape index (κ1) is 43.4. The van der Waals surface area contributed by atoms with Gasteiger partial charge in [-0.1, -0.05) is 36.2 Å². The van der Waals surface area contributed by atoms with Gasteiger partial charge in [0.05, 0.1) is 24.8 Å². The normalized spacial score (nSPS) is 24.1.